The average molecular weight is 549 g/mol. The number of nitrogens with zero attached hydrogens (tertiary/aromatic N) is 2. The third-order valence-electron chi connectivity index (χ3n) is 6.36. The minimum atomic E-state index is -0.568. The number of ether oxygens (including phenoxy) is 3. The number of benzene rings is 4. The highest BCUT2D eigenvalue weighted by atomic mass is 16.5. The maximum absolute atomic E-state index is 12.8. The normalized spacial score (nSPS) is 10.5. The minimum Gasteiger partial charge on any atom is -0.493 e. The topological polar surface area (TPSA) is 102 Å². The molecular weight excluding hydrogens is 520 g/mol. The van der Waals surface area contributed by atoms with E-state index in [1.54, 1.807) is 62.9 Å². The number of carbonyl (C=O) groups excluding carboxylic acids is 2. The molecule has 2 N–H and O–H groups in total. The first-order valence-electron chi connectivity index (χ1n) is 12.8. The van der Waals surface area contributed by atoms with Crippen molar-refractivity contribution in [1.82, 2.24) is 10.4 Å². The van der Waals surface area contributed by atoms with Crippen LogP contribution in [0.1, 0.15) is 11.1 Å². The van der Waals surface area contributed by atoms with Crippen LogP contribution in [0.15, 0.2) is 103 Å². The molecule has 9 heteroatoms. The Morgan fingerprint density at radius 3 is 2.29 bits per heavy atom. The van der Waals surface area contributed by atoms with Crippen LogP contribution in [0.4, 0.5) is 16.2 Å². The van der Waals surface area contributed by atoms with Gasteiger partial charge in [0.1, 0.15) is 11.5 Å². The molecule has 0 saturated heterocycles. The molecule has 0 unspecified atom stereocenters. The van der Waals surface area contributed by atoms with Crippen LogP contribution in [0.2, 0.25) is 0 Å². The zero-order valence-corrected chi connectivity index (χ0v) is 22.5. The van der Waals surface area contributed by atoms with Crippen molar-refractivity contribution < 1.29 is 23.8 Å². The Balaban J connectivity index is 1.26. The molecule has 0 aliphatic carbocycles. The van der Waals surface area contributed by atoms with Crippen LogP contribution in [0.25, 0.3) is 10.9 Å². The van der Waals surface area contributed by atoms with Crippen molar-refractivity contribution in [2.45, 2.75) is 6.42 Å². The Labute approximate surface area is 237 Å². The lowest BCUT2D eigenvalue weighted by atomic mass is 10.0. The predicted octanol–water partition coefficient (Wildman–Crippen LogP) is 6.33. The average Bonchev–Trinajstić information content (AvgIpc) is 3.01. The van der Waals surface area contributed by atoms with E-state index in [0.717, 1.165) is 16.5 Å². The Morgan fingerprint density at radius 2 is 1.56 bits per heavy atom. The molecule has 0 bridgehead atoms. The van der Waals surface area contributed by atoms with Crippen molar-refractivity contribution in [3.8, 4) is 23.0 Å². The van der Waals surface area contributed by atoms with Crippen LogP contribution in [0.5, 0.6) is 23.0 Å². The van der Waals surface area contributed by atoms with E-state index < -0.39 is 6.03 Å². The molecule has 4 aromatic carbocycles. The van der Waals surface area contributed by atoms with Gasteiger partial charge in [0.15, 0.2) is 11.5 Å². The molecular formula is C32H28N4O5. The monoisotopic (exact) mass is 548 g/mol. The van der Waals surface area contributed by atoms with E-state index in [0.29, 0.717) is 52.7 Å². The second-order valence-electron chi connectivity index (χ2n) is 8.99. The summed E-state index contributed by atoms with van der Waals surface area (Å²) in [6, 6.07) is 29.0. The first-order chi connectivity index (χ1) is 20.1. The SMILES string of the molecule is COc1cc2nccc(Oc3ccc(NC(=O)NN(C=O)c4ccccc4Cc4ccccc4)cc3)c2cc1OC. The van der Waals surface area contributed by atoms with Crippen LogP contribution in [0, 0.1) is 0 Å². The Bertz CT molecular complexity index is 1660. The molecule has 5 aromatic rings. The van der Waals surface area contributed by atoms with Crippen LogP contribution in [-0.4, -0.2) is 31.6 Å². The van der Waals surface area contributed by atoms with Crippen molar-refractivity contribution in [2.75, 3.05) is 24.5 Å². The molecule has 1 heterocycles. The van der Waals surface area contributed by atoms with Gasteiger partial charge in [0.25, 0.3) is 0 Å². The minimum absolute atomic E-state index is 0.518. The molecule has 5 rings (SSSR count). The molecule has 206 valence electrons. The van der Waals surface area contributed by atoms with Gasteiger partial charge in [0, 0.05) is 23.3 Å². The summed E-state index contributed by atoms with van der Waals surface area (Å²) in [5.41, 5.74) is 6.40. The fraction of sp³-hybridized carbons (Fsp3) is 0.0938. The van der Waals surface area contributed by atoms with Crippen molar-refractivity contribution in [3.63, 3.8) is 0 Å². The number of aromatic nitrogens is 1. The number of methoxy groups -OCH3 is 2. The molecule has 9 nitrogen and oxygen atoms in total. The maximum atomic E-state index is 12.8. The lowest BCUT2D eigenvalue weighted by molar-refractivity contribution is -0.107. The first kappa shape index (κ1) is 27.0. The summed E-state index contributed by atoms with van der Waals surface area (Å²) in [4.78, 5) is 29.1. The van der Waals surface area contributed by atoms with Gasteiger partial charge in [-0.25, -0.2) is 15.2 Å². The van der Waals surface area contributed by atoms with Gasteiger partial charge in [-0.2, -0.15) is 0 Å². The number of hydrogen-bond donors (Lipinski definition) is 2. The highest BCUT2D eigenvalue weighted by Crippen LogP contribution is 2.37. The van der Waals surface area contributed by atoms with E-state index in [4.69, 9.17) is 14.2 Å². The lowest BCUT2D eigenvalue weighted by Crippen LogP contribution is -2.44. The fourth-order valence-electron chi connectivity index (χ4n) is 4.39. The van der Waals surface area contributed by atoms with E-state index in [1.807, 2.05) is 54.6 Å². The molecule has 1 aromatic heterocycles. The maximum Gasteiger partial charge on any atom is 0.338 e. The smallest absolute Gasteiger partial charge is 0.338 e. The highest BCUT2D eigenvalue weighted by Gasteiger charge is 2.15. The van der Waals surface area contributed by atoms with Gasteiger partial charge in [0.2, 0.25) is 6.41 Å². The van der Waals surface area contributed by atoms with Gasteiger partial charge in [-0.15, -0.1) is 0 Å². The van der Waals surface area contributed by atoms with E-state index >= 15 is 0 Å². The summed E-state index contributed by atoms with van der Waals surface area (Å²) in [6.45, 7) is 0. The third kappa shape index (κ3) is 6.36. The van der Waals surface area contributed by atoms with Crippen LogP contribution in [0.3, 0.4) is 0 Å². The Morgan fingerprint density at radius 1 is 0.854 bits per heavy atom. The number of fused-ring (bicyclic) bond motifs is 1. The first-order valence-corrected chi connectivity index (χ1v) is 12.8. The van der Waals surface area contributed by atoms with Crippen molar-refractivity contribution in [2.24, 2.45) is 0 Å². The van der Waals surface area contributed by atoms with E-state index in [2.05, 4.69) is 15.7 Å². The number of anilines is 2. The molecule has 0 aliphatic rings. The van der Waals surface area contributed by atoms with Crippen molar-refractivity contribution >= 4 is 34.7 Å². The highest BCUT2D eigenvalue weighted by molar-refractivity contribution is 5.93. The molecule has 0 aliphatic heterocycles. The summed E-state index contributed by atoms with van der Waals surface area (Å²) in [6.07, 6.45) is 2.84. The van der Waals surface area contributed by atoms with Crippen molar-refractivity contribution in [3.05, 3.63) is 114 Å². The number of pyridine rings is 1. The number of carbonyl (C=O) groups is 2. The van der Waals surface area contributed by atoms with Crippen molar-refractivity contribution in [1.29, 1.82) is 0 Å². The largest absolute Gasteiger partial charge is 0.493 e. The number of para-hydroxylation sites is 1. The fourth-order valence-corrected chi connectivity index (χ4v) is 4.39. The number of urea groups is 1. The number of hydrogen-bond acceptors (Lipinski definition) is 6. The zero-order chi connectivity index (χ0) is 28.6. The lowest BCUT2D eigenvalue weighted by Gasteiger charge is -2.21. The molecule has 0 radical (unpaired) electrons. The second-order valence-corrected chi connectivity index (χ2v) is 8.99. The van der Waals surface area contributed by atoms with Gasteiger partial charge in [-0.05, 0) is 60.0 Å². The van der Waals surface area contributed by atoms with Gasteiger partial charge in [-0.3, -0.25) is 9.78 Å². The number of hydrazine groups is 1. The van der Waals surface area contributed by atoms with Gasteiger partial charge in [0.05, 0.1) is 25.4 Å². The summed E-state index contributed by atoms with van der Waals surface area (Å²) in [5, 5.41) is 4.67. The Hall–Kier alpha value is -5.57. The predicted molar refractivity (Wildman–Crippen MR) is 158 cm³/mol. The van der Waals surface area contributed by atoms with Gasteiger partial charge < -0.3 is 19.5 Å². The van der Waals surface area contributed by atoms with Gasteiger partial charge >= 0.3 is 6.03 Å². The molecule has 0 atom stereocenters. The summed E-state index contributed by atoms with van der Waals surface area (Å²) >= 11 is 0. The molecule has 0 saturated carbocycles. The number of rotatable bonds is 10. The van der Waals surface area contributed by atoms with Crippen LogP contribution >= 0.6 is 0 Å². The number of nitrogens with one attached hydrogen (secondary N) is 2. The molecule has 41 heavy (non-hydrogen) atoms. The van der Waals surface area contributed by atoms with Gasteiger partial charge in [-0.1, -0.05) is 48.5 Å². The van der Waals surface area contributed by atoms with E-state index in [1.165, 1.54) is 5.01 Å². The molecule has 3 amide bonds. The van der Waals surface area contributed by atoms with E-state index in [-0.39, 0.29) is 0 Å². The van der Waals surface area contributed by atoms with Crippen LogP contribution in [-0.2, 0) is 11.2 Å². The summed E-state index contributed by atoms with van der Waals surface area (Å²) in [7, 11) is 3.14. The quantitative estimate of drug-likeness (QED) is 0.156. The second kappa shape index (κ2) is 12.5. The molecule has 0 spiro atoms. The summed E-state index contributed by atoms with van der Waals surface area (Å²) < 4.78 is 16.9. The summed E-state index contributed by atoms with van der Waals surface area (Å²) in [5.74, 6) is 2.29. The number of amides is 3. The zero-order valence-electron chi connectivity index (χ0n) is 22.5. The van der Waals surface area contributed by atoms with Crippen LogP contribution < -0.4 is 30.0 Å². The third-order valence-corrected chi connectivity index (χ3v) is 6.36. The standard InChI is InChI=1S/C32H28N4O5/c1-39-30-19-26-27(20-31(30)40-2)33-17-16-29(26)41-25-14-12-24(13-15-25)34-32(38)35-36(21-37)28-11-7-6-10-23(28)18-22-8-4-3-5-9-22/h3-17,19-21H,18H2,1-2H3,(H2,34,35,38). The molecule has 0 fully saturated rings. The Kier molecular flexibility index (Phi) is 8.25. The van der Waals surface area contributed by atoms with E-state index in [9.17, 15) is 9.59 Å².